The summed E-state index contributed by atoms with van der Waals surface area (Å²) in [6, 6.07) is 12.0. The second-order valence-corrected chi connectivity index (χ2v) is 9.31. The van der Waals surface area contributed by atoms with Crippen molar-refractivity contribution < 1.29 is 32.3 Å². The number of alkyl halides is 3. The third-order valence-corrected chi connectivity index (χ3v) is 6.74. The number of nitrogens with one attached hydrogen (secondary N) is 3. The van der Waals surface area contributed by atoms with E-state index in [-0.39, 0.29) is 48.8 Å². The van der Waals surface area contributed by atoms with Crippen LogP contribution in [0.2, 0.25) is 0 Å². The molecule has 2 amide bonds. The average molecular weight is 504 g/mol. The molecule has 192 valence electrons. The largest absolute Gasteiger partial charge is 0.418 e. The molecule has 7 nitrogen and oxygen atoms in total. The number of Topliss-reactive ketones (excluding diaryl/α,β-unsaturated/α-hetero) is 1. The topological polar surface area (TPSA) is 96.5 Å². The Morgan fingerprint density at radius 1 is 1.11 bits per heavy atom. The number of anilines is 2. The highest BCUT2D eigenvalue weighted by atomic mass is 19.4. The third-order valence-electron chi connectivity index (χ3n) is 6.74. The molecule has 0 aromatic heterocycles. The fourth-order valence-corrected chi connectivity index (χ4v) is 4.56. The molecule has 2 aliphatic heterocycles. The molecular formula is C26H28F3N3O4. The lowest BCUT2D eigenvalue weighted by Gasteiger charge is -2.29. The monoisotopic (exact) mass is 503 g/mol. The van der Waals surface area contributed by atoms with Crippen molar-refractivity contribution in [3.63, 3.8) is 0 Å². The number of hydrogen-bond acceptors (Lipinski definition) is 5. The Morgan fingerprint density at radius 3 is 2.50 bits per heavy atom. The first-order valence-corrected chi connectivity index (χ1v) is 11.8. The number of ketones is 1. The molecular weight excluding hydrogens is 475 g/mol. The van der Waals surface area contributed by atoms with Crippen LogP contribution < -0.4 is 16.0 Å². The van der Waals surface area contributed by atoms with Gasteiger partial charge in [-0.15, -0.1) is 0 Å². The van der Waals surface area contributed by atoms with Crippen LogP contribution in [0.1, 0.15) is 36.8 Å². The van der Waals surface area contributed by atoms with Crippen LogP contribution in [0.25, 0.3) is 0 Å². The molecule has 0 aliphatic carbocycles. The van der Waals surface area contributed by atoms with Gasteiger partial charge in [-0.2, -0.15) is 13.2 Å². The first-order valence-electron chi connectivity index (χ1n) is 11.8. The summed E-state index contributed by atoms with van der Waals surface area (Å²) in [5.41, 5.74) is -0.505. The van der Waals surface area contributed by atoms with E-state index in [9.17, 15) is 27.6 Å². The summed E-state index contributed by atoms with van der Waals surface area (Å²) in [4.78, 5) is 37.4. The van der Waals surface area contributed by atoms with Gasteiger partial charge >= 0.3 is 6.18 Å². The van der Waals surface area contributed by atoms with Crippen molar-refractivity contribution >= 4 is 29.0 Å². The minimum Gasteiger partial charge on any atom is -0.380 e. The van der Waals surface area contributed by atoms with Crippen LogP contribution in [0.3, 0.4) is 0 Å². The van der Waals surface area contributed by atoms with E-state index in [4.69, 9.17) is 4.74 Å². The number of benzene rings is 2. The predicted octanol–water partition coefficient (Wildman–Crippen LogP) is 3.96. The van der Waals surface area contributed by atoms with Crippen molar-refractivity contribution in [2.75, 3.05) is 25.1 Å². The van der Waals surface area contributed by atoms with Crippen LogP contribution in [-0.4, -0.2) is 37.4 Å². The van der Waals surface area contributed by atoms with Crippen molar-refractivity contribution in [1.29, 1.82) is 0 Å². The van der Waals surface area contributed by atoms with E-state index < -0.39 is 17.2 Å². The Kier molecular flexibility index (Phi) is 7.63. The molecule has 2 atom stereocenters. The van der Waals surface area contributed by atoms with E-state index >= 15 is 0 Å². The van der Waals surface area contributed by atoms with Gasteiger partial charge in [-0.1, -0.05) is 24.3 Å². The molecule has 2 aromatic rings. The summed E-state index contributed by atoms with van der Waals surface area (Å²) in [6.07, 6.45) is -3.19. The van der Waals surface area contributed by atoms with Crippen molar-refractivity contribution in [1.82, 2.24) is 10.6 Å². The molecule has 2 fully saturated rings. The first-order chi connectivity index (χ1) is 17.2. The van der Waals surface area contributed by atoms with Gasteiger partial charge in [-0.25, -0.2) is 0 Å². The van der Waals surface area contributed by atoms with E-state index in [2.05, 4.69) is 16.0 Å². The van der Waals surface area contributed by atoms with Crippen molar-refractivity contribution in [2.45, 2.75) is 38.4 Å². The van der Waals surface area contributed by atoms with E-state index in [1.54, 1.807) is 24.3 Å². The number of halogens is 3. The molecule has 2 saturated heterocycles. The molecule has 0 radical (unpaired) electrons. The van der Waals surface area contributed by atoms with Crippen molar-refractivity contribution in [2.24, 2.45) is 11.3 Å². The zero-order valence-corrected chi connectivity index (χ0v) is 19.6. The zero-order valence-electron chi connectivity index (χ0n) is 19.6. The van der Waals surface area contributed by atoms with Crippen LogP contribution in [0, 0.1) is 11.3 Å². The van der Waals surface area contributed by atoms with Gasteiger partial charge in [-0.3, -0.25) is 14.4 Å². The second kappa shape index (κ2) is 10.7. The Balaban J connectivity index is 1.35. The summed E-state index contributed by atoms with van der Waals surface area (Å²) >= 11 is 0. The van der Waals surface area contributed by atoms with Crippen LogP contribution in [-0.2, 0) is 31.8 Å². The smallest absolute Gasteiger partial charge is 0.380 e. The van der Waals surface area contributed by atoms with Gasteiger partial charge in [0, 0.05) is 44.1 Å². The fraction of sp³-hybridized carbons (Fsp3) is 0.423. The molecule has 10 heteroatoms. The van der Waals surface area contributed by atoms with Crippen molar-refractivity contribution in [3.8, 4) is 0 Å². The van der Waals surface area contributed by atoms with E-state index in [0.29, 0.717) is 38.1 Å². The quantitative estimate of drug-likeness (QED) is 0.507. The minimum absolute atomic E-state index is 0.0450. The Bertz CT molecular complexity index is 1100. The highest BCUT2D eigenvalue weighted by molar-refractivity contribution is 5.92. The Hall–Kier alpha value is -3.40. The number of amides is 2. The number of carbonyl (C=O) groups excluding carboxylic acids is 3. The normalized spacial score (nSPS) is 22.1. The zero-order chi connectivity index (χ0) is 25.8. The van der Waals surface area contributed by atoms with Crippen LogP contribution >= 0.6 is 0 Å². The standard InChI is InChI=1S/C26H28F3N3O4/c27-26(28,29)20-3-1-2-4-21(20)32-19-8-5-17(6-9-19)14-31-24(35)25(11-12-36-16-25)13-22(33)18-7-10-23(34)30-15-18/h1-6,8-9,18,32H,7,10-16H2,(H,30,34)(H,31,35)/t18?,25-/m0/s1. The maximum atomic E-state index is 13.2. The lowest BCUT2D eigenvalue weighted by atomic mass is 9.77. The highest BCUT2D eigenvalue weighted by Crippen LogP contribution is 2.36. The molecule has 1 unspecified atom stereocenters. The molecule has 2 aromatic carbocycles. The van der Waals surface area contributed by atoms with Crippen LogP contribution in [0.4, 0.5) is 24.5 Å². The number of para-hydroxylation sites is 1. The first kappa shape index (κ1) is 25.7. The average Bonchev–Trinajstić information content (AvgIpc) is 3.33. The molecule has 4 rings (SSSR count). The summed E-state index contributed by atoms with van der Waals surface area (Å²) in [7, 11) is 0. The van der Waals surface area contributed by atoms with Gasteiger partial charge in [-0.05, 0) is 42.7 Å². The molecule has 0 bridgehead atoms. The van der Waals surface area contributed by atoms with Gasteiger partial charge in [0.15, 0.2) is 0 Å². The van der Waals surface area contributed by atoms with E-state index in [0.717, 1.165) is 11.6 Å². The Morgan fingerprint density at radius 2 is 1.86 bits per heavy atom. The SMILES string of the molecule is O=C1CCC(C(=O)C[C@@]2(C(=O)NCc3ccc(Nc4ccccc4C(F)(F)F)cc3)CCOC2)CN1. The summed E-state index contributed by atoms with van der Waals surface area (Å²) < 4.78 is 45.1. The molecule has 0 saturated carbocycles. The number of rotatable bonds is 8. The lowest BCUT2D eigenvalue weighted by molar-refractivity contribution is -0.138. The third kappa shape index (κ3) is 6.04. The molecule has 2 heterocycles. The van der Waals surface area contributed by atoms with Gasteiger partial charge in [0.05, 0.1) is 23.3 Å². The molecule has 2 aliphatic rings. The maximum Gasteiger partial charge on any atom is 0.418 e. The molecule has 0 spiro atoms. The van der Waals surface area contributed by atoms with Gasteiger partial charge in [0.2, 0.25) is 11.8 Å². The summed E-state index contributed by atoms with van der Waals surface area (Å²) in [6.45, 7) is 1.05. The van der Waals surface area contributed by atoms with Crippen LogP contribution in [0.5, 0.6) is 0 Å². The summed E-state index contributed by atoms with van der Waals surface area (Å²) in [5, 5.41) is 8.38. The number of piperidine rings is 1. The van der Waals surface area contributed by atoms with E-state index in [1.807, 2.05) is 0 Å². The molecule has 3 N–H and O–H groups in total. The lowest BCUT2D eigenvalue weighted by Crippen LogP contribution is -2.45. The fourth-order valence-electron chi connectivity index (χ4n) is 4.56. The van der Waals surface area contributed by atoms with Gasteiger partial charge in [0.25, 0.3) is 0 Å². The van der Waals surface area contributed by atoms with Crippen LogP contribution in [0.15, 0.2) is 48.5 Å². The maximum absolute atomic E-state index is 13.2. The van der Waals surface area contributed by atoms with E-state index in [1.165, 1.54) is 18.2 Å². The Labute approximate surface area is 206 Å². The van der Waals surface area contributed by atoms with Gasteiger partial charge in [0.1, 0.15) is 5.78 Å². The highest BCUT2D eigenvalue weighted by Gasteiger charge is 2.45. The predicted molar refractivity (Wildman–Crippen MR) is 126 cm³/mol. The number of ether oxygens (including phenoxy) is 1. The van der Waals surface area contributed by atoms with Gasteiger partial charge < -0.3 is 20.7 Å². The second-order valence-electron chi connectivity index (χ2n) is 9.31. The number of carbonyl (C=O) groups is 3. The summed E-state index contributed by atoms with van der Waals surface area (Å²) in [5.74, 6) is -0.684. The molecule has 36 heavy (non-hydrogen) atoms. The minimum atomic E-state index is -4.47. The number of hydrogen-bond donors (Lipinski definition) is 3. The van der Waals surface area contributed by atoms with Crippen molar-refractivity contribution in [3.05, 3.63) is 59.7 Å².